The fourth-order valence-corrected chi connectivity index (χ4v) is 2.86. The zero-order valence-electron chi connectivity index (χ0n) is 12.5. The first-order valence-electron chi connectivity index (χ1n) is 7.35. The van der Waals surface area contributed by atoms with Crippen molar-refractivity contribution in [2.45, 2.75) is 19.3 Å². The Bertz CT molecular complexity index is 777. The van der Waals surface area contributed by atoms with Crippen LogP contribution in [0.25, 0.3) is 0 Å². The molecule has 0 fully saturated rings. The number of benzene rings is 2. The van der Waals surface area contributed by atoms with Gasteiger partial charge in [-0.15, -0.1) is 0 Å². The van der Waals surface area contributed by atoms with Gasteiger partial charge in [0.15, 0.2) is 0 Å². The topological polar surface area (TPSA) is 74.7 Å². The van der Waals surface area contributed by atoms with E-state index in [2.05, 4.69) is 0 Å². The molecule has 1 N–H and O–H groups in total. The van der Waals surface area contributed by atoms with Gasteiger partial charge in [-0.3, -0.25) is 14.4 Å². The molecule has 0 saturated carbocycles. The Labute approximate surface area is 133 Å². The summed E-state index contributed by atoms with van der Waals surface area (Å²) in [4.78, 5) is 37.4. The average molecular weight is 309 g/mol. The minimum absolute atomic E-state index is 0.369. The van der Waals surface area contributed by atoms with E-state index in [0.717, 1.165) is 4.90 Å². The summed E-state index contributed by atoms with van der Waals surface area (Å²) in [5.74, 6) is -2.35. The zero-order valence-corrected chi connectivity index (χ0v) is 12.5. The highest BCUT2D eigenvalue weighted by Crippen LogP contribution is 2.30. The van der Waals surface area contributed by atoms with Gasteiger partial charge in [0, 0.05) is 0 Å². The fraction of sp³-hybridized carbons (Fsp3) is 0.167. The van der Waals surface area contributed by atoms with Crippen LogP contribution in [0, 0.1) is 0 Å². The molecule has 0 radical (unpaired) electrons. The summed E-state index contributed by atoms with van der Waals surface area (Å²) in [6.45, 7) is 1.79. The predicted molar refractivity (Wildman–Crippen MR) is 84.7 cm³/mol. The molecule has 23 heavy (non-hydrogen) atoms. The van der Waals surface area contributed by atoms with Gasteiger partial charge in [0.25, 0.3) is 11.8 Å². The van der Waals surface area contributed by atoms with Gasteiger partial charge < -0.3 is 5.11 Å². The van der Waals surface area contributed by atoms with Crippen LogP contribution in [-0.4, -0.2) is 22.9 Å². The molecule has 2 aromatic carbocycles. The first kappa shape index (κ1) is 15.0. The maximum atomic E-state index is 12.5. The lowest BCUT2D eigenvalue weighted by molar-refractivity contribution is -0.138. The molecule has 1 aliphatic heterocycles. The van der Waals surface area contributed by atoms with Crippen LogP contribution in [0.1, 0.15) is 45.5 Å². The van der Waals surface area contributed by atoms with Gasteiger partial charge in [-0.25, -0.2) is 4.90 Å². The second-order valence-corrected chi connectivity index (χ2v) is 5.39. The molecule has 2 aromatic rings. The van der Waals surface area contributed by atoms with Crippen molar-refractivity contribution in [3.8, 4) is 0 Å². The predicted octanol–water partition coefficient (Wildman–Crippen LogP) is 3.07. The molecule has 0 aliphatic carbocycles. The van der Waals surface area contributed by atoms with Crippen molar-refractivity contribution in [1.29, 1.82) is 0 Å². The van der Waals surface area contributed by atoms with E-state index in [0.29, 0.717) is 28.8 Å². The number of carbonyl (C=O) groups excluding carboxylic acids is 2. The number of carboxylic acid groups (broad SMARTS) is 1. The van der Waals surface area contributed by atoms with Crippen molar-refractivity contribution in [1.82, 2.24) is 0 Å². The molecule has 5 nitrogen and oxygen atoms in total. The molecular formula is C18H15NO4. The van der Waals surface area contributed by atoms with E-state index < -0.39 is 11.9 Å². The largest absolute Gasteiger partial charge is 0.481 e. The van der Waals surface area contributed by atoms with Gasteiger partial charge in [0.1, 0.15) is 0 Å². The number of aliphatic carboxylic acids is 1. The van der Waals surface area contributed by atoms with Crippen molar-refractivity contribution < 1.29 is 19.5 Å². The molecule has 0 spiro atoms. The molecule has 0 bridgehead atoms. The normalized spacial score (nSPS) is 14.7. The molecule has 2 amide bonds. The summed E-state index contributed by atoms with van der Waals surface area (Å²) < 4.78 is 0. The van der Waals surface area contributed by atoms with Gasteiger partial charge in [-0.05, 0) is 36.2 Å². The number of fused-ring (bicyclic) bond motifs is 1. The molecule has 0 aromatic heterocycles. The number of carbonyl (C=O) groups is 3. The molecule has 116 valence electrons. The number of hydrogen-bond acceptors (Lipinski definition) is 3. The second-order valence-electron chi connectivity index (χ2n) is 5.39. The van der Waals surface area contributed by atoms with Crippen LogP contribution in [0.2, 0.25) is 0 Å². The Morgan fingerprint density at radius 2 is 1.65 bits per heavy atom. The van der Waals surface area contributed by atoms with Gasteiger partial charge in [0.2, 0.25) is 0 Å². The highest BCUT2D eigenvalue weighted by Gasteiger charge is 2.36. The van der Waals surface area contributed by atoms with Crippen LogP contribution in [0.15, 0.2) is 48.5 Å². The number of amides is 2. The van der Waals surface area contributed by atoms with Crippen molar-refractivity contribution in [3.63, 3.8) is 0 Å². The van der Waals surface area contributed by atoms with Crippen LogP contribution in [0.3, 0.4) is 0 Å². The lowest BCUT2D eigenvalue weighted by atomic mass is 9.96. The van der Waals surface area contributed by atoms with E-state index in [1.165, 1.54) is 0 Å². The molecule has 0 saturated heterocycles. The van der Waals surface area contributed by atoms with Gasteiger partial charge >= 0.3 is 5.97 Å². The second kappa shape index (κ2) is 5.68. The molecule has 1 unspecified atom stereocenters. The molecule has 1 aliphatic rings. The first-order valence-corrected chi connectivity index (χ1v) is 7.35. The highest BCUT2D eigenvalue weighted by atomic mass is 16.4. The summed E-state index contributed by atoms with van der Waals surface area (Å²) in [6, 6.07) is 13.3. The Balaban J connectivity index is 2.03. The van der Waals surface area contributed by atoms with Crippen LogP contribution < -0.4 is 4.90 Å². The monoisotopic (exact) mass is 309 g/mol. The van der Waals surface area contributed by atoms with Crippen LogP contribution in [-0.2, 0) is 4.79 Å². The molecule has 5 heteroatoms. The number of anilines is 1. The Hall–Kier alpha value is -2.95. The van der Waals surface area contributed by atoms with E-state index in [-0.39, 0.29) is 11.8 Å². The lowest BCUT2D eigenvalue weighted by Crippen LogP contribution is -2.29. The molecule has 3 rings (SSSR count). The molecule has 1 heterocycles. The van der Waals surface area contributed by atoms with Crippen LogP contribution in [0.4, 0.5) is 5.69 Å². The van der Waals surface area contributed by atoms with Gasteiger partial charge in [-0.1, -0.05) is 31.2 Å². The molecule has 1 atom stereocenters. The van der Waals surface area contributed by atoms with Crippen molar-refractivity contribution >= 4 is 23.5 Å². The number of imide groups is 1. The minimum atomic E-state index is -0.924. The third-order valence-electron chi connectivity index (χ3n) is 4.03. The van der Waals surface area contributed by atoms with Gasteiger partial charge in [-0.2, -0.15) is 0 Å². The summed E-state index contributed by atoms with van der Waals surface area (Å²) in [6.07, 6.45) is 0.431. The average Bonchev–Trinajstić information content (AvgIpc) is 2.80. The maximum absolute atomic E-state index is 12.5. The summed E-state index contributed by atoms with van der Waals surface area (Å²) in [7, 11) is 0. The Morgan fingerprint density at radius 3 is 2.17 bits per heavy atom. The van der Waals surface area contributed by atoms with Crippen molar-refractivity contribution in [3.05, 3.63) is 65.2 Å². The Morgan fingerprint density at radius 1 is 1.04 bits per heavy atom. The van der Waals surface area contributed by atoms with E-state index in [1.54, 1.807) is 55.5 Å². The van der Waals surface area contributed by atoms with E-state index in [4.69, 9.17) is 0 Å². The quantitative estimate of drug-likeness (QED) is 0.881. The zero-order chi connectivity index (χ0) is 16.6. The number of hydrogen-bond donors (Lipinski definition) is 1. The first-order chi connectivity index (χ1) is 11.0. The minimum Gasteiger partial charge on any atom is -0.481 e. The van der Waals surface area contributed by atoms with E-state index >= 15 is 0 Å². The van der Waals surface area contributed by atoms with Crippen molar-refractivity contribution in [2.75, 3.05) is 4.90 Å². The number of nitrogens with zero attached hydrogens (tertiary/aromatic N) is 1. The highest BCUT2D eigenvalue weighted by molar-refractivity contribution is 6.34. The molecular weight excluding hydrogens is 294 g/mol. The Kier molecular flexibility index (Phi) is 3.70. The van der Waals surface area contributed by atoms with E-state index in [1.807, 2.05) is 0 Å². The third-order valence-corrected chi connectivity index (χ3v) is 4.03. The lowest BCUT2D eigenvalue weighted by Gasteiger charge is -2.17. The summed E-state index contributed by atoms with van der Waals surface area (Å²) in [5.41, 5.74) is 1.71. The van der Waals surface area contributed by atoms with E-state index in [9.17, 15) is 19.5 Å². The van der Waals surface area contributed by atoms with Gasteiger partial charge in [0.05, 0.1) is 22.7 Å². The number of rotatable bonds is 4. The smallest absolute Gasteiger partial charge is 0.310 e. The number of carboxylic acids is 1. The maximum Gasteiger partial charge on any atom is 0.310 e. The summed E-state index contributed by atoms with van der Waals surface area (Å²) >= 11 is 0. The van der Waals surface area contributed by atoms with Crippen LogP contribution >= 0.6 is 0 Å². The van der Waals surface area contributed by atoms with Crippen molar-refractivity contribution in [2.24, 2.45) is 0 Å². The standard InChI is InChI=1S/C18H15NO4/c1-2-13(18(22)23)11-6-5-7-12(10-11)19-16(20)14-8-3-4-9-15(14)17(19)21/h3-10,13H,2H2,1H3,(H,22,23). The summed E-state index contributed by atoms with van der Waals surface area (Å²) in [5, 5.41) is 9.28. The fourth-order valence-electron chi connectivity index (χ4n) is 2.86. The van der Waals surface area contributed by atoms with Crippen LogP contribution in [0.5, 0.6) is 0 Å². The third kappa shape index (κ3) is 2.40. The SMILES string of the molecule is CCC(C(=O)O)c1cccc(N2C(=O)c3ccccc3C2=O)c1.